The molecule has 0 unspecified atom stereocenters. The Hall–Kier alpha value is -2.60. The molecule has 0 aliphatic carbocycles. The Bertz CT molecular complexity index is 884. The topological polar surface area (TPSA) is 71.2 Å². The summed E-state index contributed by atoms with van der Waals surface area (Å²) in [5.41, 5.74) is 0.767. The number of nitrogens with one attached hydrogen (secondary N) is 2. The van der Waals surface area contributed by atoms with Crippen molar-refractivity contribution in [3.05, 3.63) is 62.6 Å². The summed E-state index contributed by atoms with van der Waals surface area (Å²) in [7, 11) is 1.27. The summed E-state index contributed by atoms with van der Waals surface area (Å²) < 4.78 is 4.76. The van der Waals surface area contributed by atoms with Crippen molar-refractivity contribution in [1.29, 1.82) is 0 Å². The number of aromatic amines is 1. The average Bonchev–Trinajstić information content (AvgIpc) is 3.07. The van der Waals surface area contributed by atoms with Gasteiger partial charge in [-0.25, -0.2) is 4.79 Å². The number of anilines is 1. The molecule has 0 aliphatic rings. The lowest BCUT2D eigenvalue weighted by atomic mass is 10.1. The van der Waals surface area contributed by atoms with E-state index >= 15 is 0 Å². The Labute approximate surface area is 136 Å². The maximum atomic E-state index is 12.3. The molecule has 6 heteroatoms. The molecule has 2 N–H and O–H groups in total. The van der Waals surface area contributed by atoms with E-state index < -0.39 is 11.5 Å². The molecule has 0 atom stereocenters. The van der Waals surface area contributed by atoms with Gasteiger partial charge in [0.2, 0.25) is 0 Å². The Morgan fingerprint density at radius 2 is 2.09 bits per heavy atom. The predicted octanol–water partition coefficient (Wildman–Crippen LogP) is 3.03. The Kier molecular flexibility index (Phi) is 4.43. The molecule has 2 heterocycles. The molecular weight excluding hydrogens is 312 g/mol. The summed E-state index contributed by atoms with van der Waals surface area (Å²) in [6, 6.07) is 11.4. The van der Waals surface area contributed by atoms with Gasteiger partial charge in [-0.15, -0.1) is 11.3 Å². The van der Waals surface area contributed by atoms with Gasteiger partial charge in [-0.2, -0.15) is 0 Å². The molecule has 23 heavy (non-hydrogen) atoms. The number of benzene rings is 1. The van der Waals surface area contributed by atoms with E-state index in [4.69, 9.17) is 4.74 Å². The highest BCUT2D eigenvalue weighted by Crippen LogP contribution is 2.24. The fourth-order valence-corrected chi connectivity index (χ4v) is 3.20. The van der Waals surface area contributed by atoms with Gasteiger partial charge in [0.1, 0.15) is 5.56 Å². The van der Waals surface area contributed by atoms with Crippen LogP contribution < -0.4 is 10.9 Å². The molecule has 2 aromatic heterocycles. The molecule has 0 fully saturated rings. The third-order valence-corrected chi connectivity index (χ3v) is 4.50. The van der Waals surface area contributed by atoms with Gasteiger partial charge in [0.05, 0.1) is 18.3 Å². The van der Waals surface area contributed by atoms with Gasteiger partial charge >= 0.3 is 5.97 Å². The highest BCUT2D eigenvalue weighted by molar-refractivity contribution is 7.09. The fraction of sp³-hybridized carbons (Fsp3) is 0.176. The molecule has 3 aromatic rings. The predicted molar refractivity (Wildman–Crippen MR) is 92.4 cm³/mol. The van der Waals surface area contributed by atoms with Gasteiger partial charge < -0.3 is 15.0 Å². The van der Waals surface area contributed by atoms with Crippen molar-refractivity contribution in [3.63, 3.8) is 0 Å². The molecule has 0 spiro atoms. The lowest BCUT2D eigenvalue weighted by Gasteiger charge is -2.13. The maximum Gasteiger partial charge on any atom is 0.345 e. The molecule has 118 valence electrons. The quantitative estimate of drug-likeness (QED) is 0.706. The molecule has 1 aromatic carbocycles. The van der Waals surface area contributed by atoms with E-state index in [0.29, 0.717) is 17.7 Å². The fourth-order valence-electron chi connectivity index (χ4n) is 2.49. The van der Waals surface area contributed by atoms with Crippen LogP contribution in [0.25, 0.3) is 10.9 Å². The van der Waals surface area contributed by atoms with Crippen LogP contribution in [0.4, 0.5) is 5.69 Å². The van der Waals surface area contributed by atoms with Crippen molar-refractivity contribution >= 4 is 33.9 Å². The van der Waals surface area contributed by atoms with Crippen LogP contribution in [-0.2, 0) is 11.2 Å². The number of thiophene rings is 1. The SMILES string of the molecule is COC(=O)c1c(NCCc2cccs2)c2ccccc2[nH]c1=O. The lowest BCUT2D eigenvalue weighted by molar-refractivity contribution is 0.0600. The zero-order valence-electron chi connectivity index (χ0n) is 12.6. The van der Waals surface area contributed by atoms with Crippen molar-refractivity contribution in [2.75, 3.05) is 19.0 Å². The van der Waals surface area contributed by atoms with Crippen LogP contribution in [0.15, 0.2) is 46.6 Å². The van der Waals surface area contributed by atoms with Crippen LogP contribution in [-0.4, -0.2) is 24.6 Å². The van der Waals surface area contributed by atoms with Crippen LogP contribution in [0.2, 0.25) is 0 Å². The van der Waals surface area contributed by atoms with E-state index in [9.17, 15) is 9.59 Å². The minimum Gasteiger partial charge on any atom is -0.465 e. The first-order valence-electron chi connectivity index (χ1n) is 7.20. The zero-order valence-corrected chi connectivity index (χ0v) is 13.4. The standard InChI is InChI=1S/C17H16N2O3S/c1-22-17(21)14-15(18-9-8-11-5-4-10-23-11)12-6-2-3-7-13(12)19-16(14)20/h2-7,10H,8-9H2,1H3,(H2,18,19,20). The highest BCUT2D eigenvalue weighted by atomic mass is 32.1. The van der Waals surface area contributed by atoms with Crippen molar-refractivity contribution in [1.82, 2.24) is 4.98 Å². The number of hydrogen-bond acceptors (Lipinski definition) is 5. The van der Waals surface area contributed by atoms with E-state index in [1.807, 2.05) is 35.7 Å². The summed E-state index contributed by atoms with van der Waals surface area (Å²) in [5, 5.41) is 6.05. The Balaban J connectivity index is 2.00. The third kappa shape index (κ3) is 3.12. The van der Waals surface area contributed by atoms with E-state index in [0.717, 1.165) is 11.8 Å². The molecule has 0 saturated carbocycles. The van der Waals surface area contributed by atoms with Gasteiger partial charge in [-0.1, -0.05) is 24.3 Å². The number of pyridine rings is 1. The first-order chi connectivity index (χ1) is 11.2. The van der Waals surface area contributed by atoms with Gasteiger partial charge in [-0.3, -0.25) is 4.79 Å². The molecule has 0 bridgehead atoms. The van der Waals surface area contributed by atoms with Crippen molar-refractivity contribution < 1.29 is 9.53 Å². The molecule has 0 aliphatic heterocycles. The second-order valence-corrected chi connectivity index (χ2v) is 6.03. The van der Waals surface area contributed by atoms with E-state index in [1.165, 1.54) is 12.0 Å². The van der Waals surface area contributed by atoms with E-state index in [2.05, 4.69) is 16.4 Å². The monoisotopic (exact) mass is 328 g/mol. The maximum absolute atomic E-state index is 12.3. The smallest absolute Gasteiger partial charge is 0.345 e. The number of hydrogen-bond donors (Lipinski definition) is 2. The largest absolute Gasteiger partial charge is 0.465 e. The van der Waals surface area contributed by atoms with Crippen LogP contribution in [0.3, 0.4) is 0 Å². The minimum absolute atomic E-state index is 0.0115. The molecule has 0 radical (unpaired) electrons. The van der Waals surface area contributed by atoms with Gasteiger partial charge in [0.15, 0.2) is 0 Å². The second kappa shape index (κ2) is 6.66. The van der Waals surface area contributed by atoms with Crippen LogP contribution in [0.5, 0.6) is 0 Å². The number of methoxy groups -OCH3 is 1. The number of H-pyrrole nitrogens is 1. The Morgan fingerprint density at radius 1 is 1.26 bits per heavy atom. The summed E-state index contributed by atoms with van der Waals surface area (Å²) in [6.45, 7) is 0.623. The van der Waals surface area contributed by atoms with Crippen molar-refractivity contribution in [2.24, 2.45) is 0 Å². The van der Waals surface area contributed by atoms with Crippen LogP contribution in [0.1, 0.15) is 15.2 Å². The number of aromatic nitrogens is 1. The van der Waals surface area contributed by atoms with E-state index in [-0.39, 0.29) is 5.56 Å². The first-order valence-corrected chi connectivity index (χ1v) is 8.08. The molecule has 0 saturated heterocycles. The summed E-state index contributed by atoms with van der Waals surface area (Å²) in [5.74, 6) is -0.643. The molecule has 3 rings (SSSR count). The summed E-state index contributed by atoms with van der Waals surface area (Å²) in [6.07, 6.45) is 0.819. The van der Waals surface area contributed by atoms with Gasteiger partial charge in [-0.05, 0) is 23.9 Å². The van der Waals surface area contributed by atoms with Crippen molar-refractivity contribution in [2.45, 2.75) is 6.42 Å². The van der Waals surface area contributed by atoms with E-state index in [1.54, 1.807) is 11.3 Å². The average molecular weight is 328 g/mol. The number of carbonyl (C=O) groups excluding carboxylic acids is 1. The number of rotatable bonds is 5. The normalized spacial score (nSPS) is 10.7. The zero-order chi connectivity index (χ0) is 16.2. The molecular formula is C17H16N2O3S. The summed E-state index contributed by atoms with van der Waals surface area (Å²) in [4.78, 5) is 28.2. The second-order valence-electron chi connectivity index (χ2n) is 5.00. The number of fused-ring (bicyclic) bond motifs is 1. The van der Waals surface area contributed by atoms with Crippen LogP contribution >= 0.6 is 11.3 Å². The third-order valence-electron chi connectivity index (χ3n) is 3.56. The van der Waals surface area contributed by atoms with Crippen LogP contribution in [0, 0.1) is 0 Å². The van der Waals surface area contributed by atoms with Crippen molar-refractivity contribution in [3.8, 4) is 0 Å². The van der Waals surface area contributed by atoms with Gasteiger partial charge in [0, 0.05) is 16.8 Å². The molecule has 5 nitrogen and oxygen atoms in total. The highest BCUT2D eigenvalue weighted by Gasteiger charge is 2.19. The number of para-hydroxylation sites is 1. The lowest BCUT2D eigenvalue weighted by Crippen LogP contribution is -2.22. The number of esters is 1. The van der Waals surface area contributed by atoms with Gasteiger partial charge in [0.25, 0.3) is 5.56 Å². The minimum atomic E-state index is -0.643. The number of ether oxygens (including phenoxy) is 1. The number of carbonyl (C=O) groups is 1. The summed E-state index contributed by atoms with van der Waals surface area (Å²) >= 11 is 1.68. The Morgan fingerprint density at radius 3 is 2.83 bits per heavy atom. The first kappa shape index (κ1) is 15.3. The molecule has 0 amide bonds.